The second-order valence-electron chi connectivity index (χ2n) is 8.07. The molecule has 154 valence electrons. The first-order valence-corrected chi connectivity index (χ1v) is 10.5. The minimum absolute atomic E-state index is 0.0369. The van der Waals surface area contributed by atoms with E-state index in [1.165, 1.54) is 31.5 Å². The van der Waals surface area contributed by atoms with Crippen LogP contribution in [0.3, 0.4) is 0 Å². The number of hydrogen-bond donors (Lipinski definition) is 1. The number of rotatable bonds is 7. The molecule has 2 heterocycles. The normalized spacial score (nSPS) is 20.8. The van der Waals surface area contributed by atoms with Gasteiger partial charge < -0.3 is 15.0 Å². The van der Waals surface area contributed by atoms with E-state index < -0.39 is 0 Å². The van der Waals surface area contributed by atoms with E-state index in [0.29, 0.717) is 32.8 Å². The van der Waals surface area contributed by atoms with Crippen LogP contribution in [0.4, 0.5) is 0 Å². The Hall–Kier alpha value is -1.92. The van der Waals surface area contributed by atoms with Gasteiger partial charge in [0, 0.05) is 45.6 Å². The minimum atomic E-state index is -0.0759. The molecule has 2 fully saturated rings. The molecular formula is C22H33N3O3. The van der Waals surface area contributed by atoms with Crippen molar-refractivity contribution in [3.8, 4) is 0 Å². The largest absolute Gasteiger partial charge is 0.378 e. The van der Waals surface area contributed by atoms with Crippen molar-refractivity contribution in [2.75, 3.05) is 39.4 Å². The van der Waals surface area contributed by atoms with Gasteiger partial charge in [0.15, 0.2) is 0 Å². The van der Waals surface area contributed by atoms with Crippen molar-refractivity contribution in [2.45, 2.75) is 45.7 Å². The molecule has 1 N–H and O–H groups in total. The zero-order chi connectivity index (χ0) is 19.8. The first-order chi connectivity index (χ1) is 13.6. The molecule has 0 radical (unpaired) electrons. The van der Waals surface area contributed by atoms with E-state index in [4.69, 9.17) is 4.74 Å². The van der Waals surface area contributed by atoms with Crippen LogP contribution < -0.4 is 5.32 Å². The van der Waals surface area contributed by atoms with E-state index in [1.54, 1.807) is 4.90 Å². The molecule has 2 amide bonds. The summed E-state index contributed by atoms with van der Waals surface area (Å²) >= 11 is 0. The highest BCUT2D eigenvalue weighted by molar-refractivity contribution is 5.83. The van der Waals surface area contributed by atoms with Crippen LogP contribution in [-0.2, 0) is 27.4 Å². The fraction of sp³-hybridized carbons (Fsp3) is 0.636. The van der Waals surface area contributed by atoms with Crippen LogP contribution in [0.5, 0.6) is 0 Å². The van der Waals surface area contributed by atoms with Crippen LogP contribution in [-0.4, -0.2) is 61.0 Å². The maximum atomic E-state index is 12.1. The molecule has 0 aliphatic carbocycles. The lowest BCUT2D eigenvalue weighted by molar-refractivity contribution is -0.137. The van der Waals surface area contributed by atoms with Gasteiger partial charge in [0.1, 0.15) is 0 Å². The number of benzene rings is 1. The minimum Gasteiger partial charge on any atom is -0.378 e. The predicted molar refractivity (Wildman–Crippen MR) is 109 cm³/mol. The van der Waals surface area contributed by atoms with Gasteiger partial charge in [-0.05, 0) is 36.4 Å². The SMILES string of the molecule is CC1CCCN(Cc2ccc(CNC(=O)CCC(=O)N3CCOCC3)cc2)C1. The first kappa shape index (κ1) is 20.8. The Kier molecular flexibility index (Phi) is 7.86. The summed E-state index contributed by atoms with van der Waals surface area (Å²) in [5.74, 6) is 0.751. The van der Waals surface area contributed by atoms with Gasteiger partial charge in [-0.25, -0.2) is 0 Å². The maximum absolute atomic E-state index is 12.1. The van der Waals surface area contributed by atoms with Crippen LogP contribution in [0.15, 0.2) is 24.3 Å². The number of amides is 2. The summed E-state index contributed by atoms with van der Waals surface area (Å²) in [6.45, 7) is 8.63. The summed E-state index contributed by atoms with van der Waals surface area (Å²) in [6, 6.07) is 8.48. The van der Waals surface area contributed by atoms with E-state index in [-0.39, 0.29) is 24.7 Å². The summed E-state index contributed by atoms with van der Waals surface area (Å²) in [7, 11) is 0. The summed E-state index contributed by atoms with van der Waals surface area (Å²) in [6.07, 6.45) is 3.13. The smallest absolute Gasteiger partial charge is 0.223 e. The summed E-state index contributed by atoms with van der Waals surface area (Å²) < 4.78 is 5.24. The van der Waals surface area contributed by atoms with Gasteiger partial charge in [-0.1, -0.05) is 31.2 Å². The van der Waals surface area contributed by atoms with Crippen LogP contribution in [0.2, 0.25) is 0 Å². The first-order valence-electron chi connectivity index (χ1n) is 10.5. The highest BCUT2D eigenvalue weighted by Gasteiger charge is 2.18. The van der Waals surface area contributed by atoms with Crippen molar-refractivity contribution >= 4 is 11.8 Å². The third-order valence-corrected chi connectivity index (χ3v) is 5.59. The average Bonchev–Trinajstić information content (AvgIpc) is 2.72. The lowest BCUT2D eigenvalue weighted by Gasteiger charge is -2.30. The molecule has 3 rings (SSSR count). The van der Waals surface area contributed by atoms with Crippen molar-refractivity contribution in [3.63, 3.8) is 0 Å². The van der Waals surface area contributed by atoms with Crippen LogP contribution in [0.25, 0.3) is 0 Å². The fourth-order valence-electron chi connectivity index (χ4n) is 3.93. The van der Waals surface area contributed by atoms with E-state index in [2.05, 4.69) is 41.4 Å². The van der Waals surface area contributed by atoms with Crippen molar-refractivity contribution in [3.05, 3.63) is 35.4 Å². The molecular weight excluding hydrogens is 354 g/mol. The van der Waals surface area contributed by atoms with Crippen LogP contribution in [0, 0.1) is 5.92 Å². The Balaban J connectivity index is 1.35. The molecule has 2 aliphatic rings. The number of morpholine rings is 1. The number of ether oxygens (including phenoxy) is 1. The van der Waals surface area contributed by atoms with Crippen LogP contribution in [0.1, 0.15) is 43.7 Å². The lowest BCUT2D eigenvalue weighted by atomic mass is 9.99. The van der Waals surface area contributed by atoms with Gasteiger partial charge in [0.25, 0.3) is 0 Å². The molecule has 2 aliphatic heterocycles. The summed E-state index contributed by atoms with van der Waals surface area (Å²) in [5, 5.41) is 2.92. The van der Waals surface area contributed by atoms with Gasteiger partial charge in [-0.2, -0.15) is 0 Å². The third kappa shape index (κ3) is 6.60. The third-order valence-electron chi connectivity index (χ3n) is 5.59. The Bertz CT molecular complexity index is 641. The lowest BCUT2D eigenvalue weighted by Crippen LogP contribution is -2.41. The Morgan fingerprint density at radius 1 is 1.07 bits per heavy atom. The molecule has 28 heavy (non-hydrogen) atoms. The van der Waals surface area contributed by atoms with Gasteiger partial charge in [0.05, 0.1) is 13.2 Å². The molecule has 0 saturated carbocycles. The van der Waals surface area contributed by atoms with Gasteiger partial charge in [-0.15, -0.1) is 0 Å². The molecule has 1 aromatic rings. The second kappa shape index (κ2) is 10.6. The molecule has 0 bridgehead atoms. The molecule has 6 nitrogen and oxygen atoms in total. The average molecular weight is 388 g/mol. The predicted octanol–water partition coefficient (Wildman–Crippen LogP) is 2.17. The zero-order valence-electron chi connectivity index (χ0n) is 17.0. The van der Waals surface area contributed by atoms with Gasteiger partial charge in [0.2, 0.25) is 11.8 Å². The summed E-state index contributed by atoms with van der Waals surface area (Å²) in [5.41, 5.74) is 2.41. The van der Waals surface area contributed by atoms with Crippen LogP contribution >= 0.6 is 0 Å². The topological polar surface area (TPSA) is 61.9 Å². The number of hydrogen-bond acceptors (Lipinski definition) is 4. The molecule has 6 heteroatoms. The molecule has 0 spiro atoms. The molecule has 0 aromatic heterocycles. The second-order valence-corrected chi connectivity index (χ2v) is 8.07. The van der Waals surface area contributed by atoms with E-state index in [9.17, 15) is 9.59 Å². The molecule has 2 saturated heterocycles. The highest BCUT2D eigenvalue weighted by Crippen LogP contribution is 2.18. The quantitative estimate of drug-likeness (QED) is 0.779. The van der Waals surface area contributed by atoms with Crippen molar-refractivity contribution in [1.82, 2.24) is 15.1 Å². The number of piperidine rings is 1. The van der Waals surface area contributed by atoms with E-state index in [1.807, 2.05) is 0 Å². The number of likely N-dealkylation sites (tertiary alicyclic amines) is 1. The number of carbonyl (C=O) groups excluding carboxylic acids is 2. The zero-order valence-corrected chi connectivity index (χ0v) is 17.0. The van der Waals surface area contributed by atoms with Crippen molar-refractivity contribution in [1.29, 1.82) is 0 Å². The number of nitrogens with zero attached hydrogens (tertiary/aromatic N) is 2. The Labute approximate surface area is 168 Å². The molecule has 1 atom stereocenters. The maximum Gasteiger partial charge on any atom is 0.223 e. The van der Waals surface area contributed by atoms with E-state index >= 15 is 0 Å². The van der Waals surface area contributed by atoms with E-state index in [0.717, 1.165) is 18.0 Å². The monoisotopic (exact) mass is 387 g/mol. The fourth-order valence-corrected chi connectivity index (χ4v) is 3.93. The van der Waals surface area contributed by atoms with Crippen molar-refractivity contribution in [2.24, 2.45) is 5.92 Å². The number of carbonyl (C=O) groups is 2. The Morgan fingerprint density at radius 2 is 1.79 bits per heavy atom. The van der Waals surface area contributed by atoms with Gasteiger partial charge >= 0.3 is 0 Å². The molecule has 1 unspecified atom stereocenters. The Morgan fingerprint density at radius 3 is 2.50 bits per heavy atom. The number of nitrogens with one attached hydrogen (secondary N) is 1. The van der Waals surface area contributed by atoms with Crippen molar-refractivity contribution < 1.29 is 14.3 Å². The highest BCUT2D eigenvalue weighted by atomic mass is 16.5. The van der Waals surface area contributed by atoms with Gasteiger partial charge in [-0.3, -0.25) is 14.5 Å². The standard InChI is InChI=1S/C22H33N3O3/c1-18-3-2-10-24(16-18)17-20-6-4-19(5-7-20)15-23-21(26)8-9-22(27)25-11-13-28-14-12-25/h4-7,18H,2-3,8-17H2,1H3,(H,23,26). The molecule has 1 aromatic carbocycles. The summed E-state index contributed by atoms with van der Waals surface area (Å²) in [4.78, 5) is 28.4.